The number of anilines is 1. The van der Waals surface area contributed by atoms with Gasteiger partial charge in [-0.05, 0) is 25.1 Å². The van der Waals surface area contributed by atoms with Crippen LogP contribution in [0, 0.1) is 0 Å². The summed E-state index contributed by atoms with van der Waals surface area (Å²) in [4.78, 5) is 12.8. The lowest BCUT2D eigenvalue weighted by Crippen LogP contribution is -2.38. The van der Waals surface area contributed by atoms with E-state index in [1.54, 1.807) is 14.0 Å². The molecule has 0 aliphatic heterocycles. The number of hydrogen-bond acceptors (Lipinski definition) is 4. The van der Waals surface area contributed by atoms with Crippen molar-refractivity contribution in [2.24, 2.45) is 0 Å². The number of hydrogen-bond donors (Lipinski definition) is 2. The Kier molecular flexibility index (Phi) is 5.16. The SMILES string of the molecule is CCN(C)C(=O)CNS(=O)(=O)c1cc(N)ccc1Cl. The monoisotopic (exact) mass is 305 g/mol. The van der Waals surface area contributed by atoms with Crippen LogP contribution in [0.15, 0.2) is 23.1 Å². The molecule has 3 N–H and O–H groups in total. The lowest BCUT2D eigenvalue weighted by Gasteiger charge is -2.15. The van der Waals surface area contributed by atoms with Crippen LogP contribution in [0.1, 0.15) is 6.92 Å². The number of nitrogens with zero attached hydrogens (tertiary/aromatic N) is 1. The summed E-state index contributed by atoms with van der Waals surface area (Å²) in [6.45, 7) is 1.97. The molecule has 0 unspecified atom stereocenters. The van der Waals surface area contributed by atoms with Gasteiger partial charge in [-0.15, -0.1) is 0 Å². The van der Waals surface area contributed by atoms with Crippen LogP contribution in [0.5, 0.6) is 0 Å². The van der Waals surface area contributed by atoms with Crippen LogP contribution in [0.4, 0.5) is 5.69 Å². The Morgan fingerprint density at radius 1 is 1.47 bits per heavy atom. The number of carbonyl (C=O) groups excluding carboxylic acids is 1. The number of benzene rings is 1. The standard InChI is InChI=1S/C11H16ClN3O3S/c1-3-15(2)11(16)7-14-19(17,18)10-6-8(13)4-5-9(10)12/h4-6,14H,3,7,13H2,1-2H3. The van der Waals surface area contributed by atoms with Crippen molar-refractivity contribution in [2.45, 2.75) is 11.8 Å². The zero-order valence-electron chi connectivity index (χ0n) is 10.7. The topological polar surface area (TPSA) is 92.5 Å². The number of nitrogen functional groups attached to an aromatic ring is 1. The van der Waals surface area contributed by atoms with Gasteiger partial charge in [-0.25, -0.2) is 13.1 Å². The summed E-state index contributed by atoms with van der Waals surface area (Å²) >= 11 is 5.82. The Hall–Kier alpha value is -1.31. The average molecular weight is 306 g/mol. The molecule has 0 atom stereocenters. The molecule has 0 aliphatic rings. The molecule has 19 heavy (non-hydrogen) atoms. The quantitative estimate of drug-likeness (QED) is 0.782. The normalized spacial score (nSPS) is 11.3. The molecule has 1 amide bonds. The first kappa shape index (κ1) is 15.7. The Morgan fingerprint density at radius 3 is 2.68 bits per heavy atom. The smallest absolute Gasteiger partial charge is 0.242 e. The number of nitrogens with one attached hydrogen (secondary N) is 1. The molecule has 0 spiro atoms. The van der Waals surface area contributed by atoms with E-state index in [2.05, 4.69) is 4.72 Å². The molecule has 0 saturated heterocycles. The van der Waals surface area contributed by atoms with Gasteiger partial charge in [-0.1, -0.05) is 11.6 Å². The fourth-order valence-corrected chi connectivity index (χ4v) is 2.78. The zero-order chi connectivity index (χ0) is 14.6. The van der Waals surface area contributed by atoms with Gasteiger partial charge in [0.05, 0.1) is 11.6 Å². The maximum atomic E-state index is 12.0. The Labute approximate surface area is 117 Å². The minimum Gasteiger partial charge on any atom is -0.399 e. The molecule has 0 saturated carbocycles. The van der Waals surface area contributed by atoms with Gasteiger partial charge in [0.1, 0.15) is 4.90 Å². The van der Waals surface area contributed by atoms with Crippen LogP contribution in [0.3, 0.4) is 0 Å². The molecule has 1 aromatic carbocycles. The molecule has 0 aliphatic carbocycles. The van der Waals surface area contributed by atoms with Crippen LogP contribution in [0.25, 0.3) is 0 Å². The van der Waals surface area contributed by atoms with Gasteiger partial charge in [0.2, 0.25) is 15.9 Å². The van der Waals surface area contributed by atoms with Crippen LogP contribution in [0.2, 0.25) is 5.02 Å². The zero-order valence-corrected chi connectivity index (χ0v) is 12.3. The van der Waals surface area contributed by atoms with E-state index >= 15 is 0 Å². The summed E-state index contributed by atoms with van der Waals surface area (Å²) in [6, 6.07) is 4.14. The van der Waals surface area contributed by atoms with E-state index in [0.29, 0.717) is 6.54 Å². The highest BCUT2D eigenvalue weighted by atomic mass is 35.5. The molecular weight excluding hydrogens is 290 g/mol. The molecule has 6 nitrogen and oxygen atoms in total. The van der Waals surface area contributed by atoms with E-state index in [1.807, 2.05) is 0 Å². The average Bonchev–Trinajstić information content (AvgIpc) is 2.37. The van der Waals surface area contributed by atoms with Crippen LogP contribution >= 0.6 is 11.6 Å². The van der Waals surface area contributed by atoms with E-state index in [-0.39, 0.29) is 28.1 Å². The first-order valence-corrected chi connectivity index (χ1v) is 7.42. The Bertz CT molecular complexity index is 575. The van der Waals surface area contributed by atoms with Gasteiger partial charge in [0, 0.05) is 19.3 Å². The minimum atomic E-state index is -3.86. The van der Waals surface area contributed by atoms with E-state index in [9.17, 15) is 13.2 Å². The number of rotatable bonds is 5. The fraction of sp³-hybridized carbons (Fsp3) is 0.364. The van der Waals surface area contributed by atoms with E-state index in [0.717, 1.165) is 0 Å². The van der Waals surface area contributed by atoms with Crippen molar-refractivity contribution in [3.05, 3.63) is 23.2 Å². The molecule has 0 heterocycles. The second kappa shape index (κ2) is 6.23. The molecule has 0 radical (unpaired) electrons. The van der Waals surface area contributed by atoms with Gasteiger partial charge in [0.25, 0.3) is 0 Å². The van der Waals surface area contributed by atoms with Gasteiger partial charge in [0.15, 0.2) is 0 Å². The highest BCUT2D eigenvalue weighted by Gasteiger charge is 2.20. The fourth-order valence-electron chi connectivity index (χ4n) is 1.27. The third-order valence-corrected chi connectivity index (χ3v) is 4.44. The highest BCUT2D eigenvalue weighted by Crippen LogP contribution is 2.23. The number of nitrogens with two attached hydrogens (primary N) is 1. The lowest BCUT2D eigenvalue weighted by atomic mass is 10.3. The first-order valence-electron chi connectivity index (χ1n) is 5.56. The van der Waals surface area contributed by atoms with Gasteiger partial charge >= 0.3 is 0 Å². The third-order valence-electron chi connectivity index (χ3n) is 2.56. The second-order valence-electron chi connectivity index (χ2n) is 3.92. The van der Waals surface area contributed by atoms with Gasteiger partial charge < -0.3 is 10.6 Å². The summed E-state index contributed by atoms with van der Waals surface area (Å²) in [5.41, 5.74) is 5.80. The number of amides is 1. The largest absolute Gasteiger partial charge is 0.399 e. The Morgan fingerprint density at radius 2 is 2.11 bits per heavy atom. The Balaban J connectivity index is 2.88. The number of halogens is 1. The summed E-state index contributed by atoms with van der Waals surface area (Å²) in [5.74, 6) is -0.328. The van der Waals surface area contributed by atoms with Crippen LogP contribution in [-0.2, 0) is 14.8 Å². The molecule has 1 aromatic rings. The van der Waals surface area contributed by atoms with Crippen molar-refractivity contribution >= 4 is 33.2 Å². The maximum absolute atomic E-state index is 12.0. The predicted octanol–water partition coefficient (Wildman–Crippen LogP) is 0.679. The van der Waals surface area contributed by atoms with Crippen molar-refractivity contribution in [3.8, 4) is 0 Å². The molecule has 0 bridgehead atoms. The molecule has 1 rings (SSSR count). The lowest BCUT2D eigenvalue weighted by molar-refractivity contribution is -0.128. The van der Waals surface area contributed by atoms with Crippen LogP contribution in [-0.4, -0.2) is 39.4 Å². The summed E-state index contributed by atoms with van der Waals surface area (Å²) < 4.78 is 26.2. The van der Waals surface area contributed by atoms with E-state index in [1.165, 1.54) is 23.1 Å². The molecule has 0 aromatic heterocycles. The van der Waals surface area contributed by atoms with E-state index < -0.39 is 10.0 Å². The van der Waals surface area contributed by atoms with Crippen molar-refractivity contribution < 1.29 is 13.2 Å². The number of sulfonamides is 1. The van der Waals surface area contributed by atoms with E-state index in [4.69, 9.17) is 17.3 Å². The van der Waals surface area contributed by atoms with Gasteiger partial charge in [-0.3, -0.25) is 4.79 Å². The second-order valence-corrected chi connectivity index (χ2v) is 6.06. The maximum Gasteiger partial charge on any atom is 0.242 e. The third kappa shape index (κ3) is 4.09. The molecular formula is C11H16ClN3O3S. The van der Waals surface area contributed by atoms with Crippen molar-refractivity contribution in [3.63, 3.8) is 0 Å². The van der Waals surface area contributed by atoms with Crippen molar-refractivity contribution in [2.75, 3.05) is 25.9 Å². The first-order chi connectivity index (χ1) is 8.77. The van der Waals surface area contributed by atoms with Crippen LogP contribution < -0.4 is 10.5 Å². The van der Waals surface area contributed by atoms with Crippen molar-refractivity contribution in [1.29, 1.82) is 0 Å². The molecule has 106 valence electrons. The van der Waals surface area contributed by atoms with Gasteiger partial charge in [-0.2, -0.15) is 0 Å². The molecule has 8 heteroatoms. The highest BCUT2D eigenvalue weighted by molar-refractivity contribution is 7.89. The number of likely N-dealkylation sites (N-methyl/N-ethyl adjacent to an activating group) is 1. The summed E-state index contributed by atoms with van der Waals surface area (Å²) in [5, 5.41) is 0.0537. The molecule has 0 fully saturated rings. The van der Waals surface area contributed by atoms with Crippen molar-refractivity contribution in [1.82, 2.24) is 9.62 Å². The summed E-state index contributed by atoms with van der Waals surface area (Å²) in [6.07, 6.45) is 0. The predicted molar refractivity (Wildman–Crippen MR) is 74.4 cm³/mol. The number of carbonyl (C=O) groups is 1. The summed E-state index contributed by atoms with van der Waals surface area (Å²) in [7, 11) is -2.27. The minimum absolute atomic E-state index is 0.0537.